The maximum absolute atomic E-state index is 12.4. The fraction of sp³-hybridized carbons (Fsp3) is 0.833. The molecule has 5 heteroatoms. The van der Waals surface area contributed by atoms with E-state index >= 15 is 0 Å². The molecule has 0 aromatic heterocycles. The maximum atomic E-state index is 12.4. The largest absolute Gasteiger partial charge is 0.396 e. The Balaban J connectivity index is 2.71. The van der Waals surface area contributed by atoms with Crippen LogP contribution in [0.3, 0.4) is 0 Å². The molecule has 0 radical (unpaired) electrons. The van der Waals surface area contributed by atoms with Crippen LogP contribution in [-0.4, -0.2) is 40.1 Å². The summed E-state index contributed by atoms with van der Waals surface area (Å²) >= 11 is 4.96. The molecule has 0 spiro atoms. The van der Waals surface area contributed by atoms with Crippen molar-refractivity contribution in [1.82, 2.24) is 4.90 Å². The highest BCUT2D eigenvalue weighted by Crippen LogP contribution is 2.28. The Morgan fingerprint density at radius 3 is 2.76 bits per heavy atom. The van der Waals surface area contributed by atoms with Gasteiger partial charge in [-0.2, -0.15) is 0 Å². The molecule has 1 unspecified atom stereocenters. The highest BCUT2D eigenvalue weighted by Gasteiger charge is 2.39. The van der Waals surface area contributed by atoms with E-state index in [9.17, 15) is 4.79 Å². The van der Waals surface area contributed by atoms with Gasteiger partial charge in [0.25, 0.3) is 0 Å². The summed E-state index contributed by atoms with van der Waals surface area (Å²) in [6, 6.07) is 0.239. The molecular formula is C12H22N2O2S. The fourth-order valence-corrected chi connectivity index (χ4v) is 2.28. The molecule has 1 aliphatic rings. The fourth-order valence-electron chi connectivity index (χ4n) is 2.19. The second kappa shape index (κ2) is 5.78. The molecule has 17 heavy (non-hydrogen) atoms. The summed E-state index contributed by atoms with van der Waals surface area (Å²) in [5, 5.41) is 8.86. The van der Waals surface area contributed by atoms with E-state index in [1.54, 1.807) is 13.8 Å². The summed E-state index contributed by atoms with van der Waals surface area (Å²) in [5.74, 6) is 0.0189. The van der Waals surface area contributed by atoms with Crippen LogP contribution in [0, 0.1) is 5.41 Å². The topological polar surface area (TPSA) is 66.6 Å². The number of hydrogen-bond donors (Lipinski definition) is 2. The van der Waals surface area contributed by atoms with E-state index in [1.165, 1.54) is 0 Å². The van der Waals surface area contributed by atoms with Gasteiger partial charge in [-0.3, -0.25) is 4.79 Å². The number of nitrogens with two attached hydrogens (primary N) is 1. The molecule has 1 amide bonds. The van der Waals surface area contributed by atoms with Crippen molar-refractivity contribution >= 4 is 23.1 Å². The Bertz CT molecular complexity index is 305. The molecule has 1 saturated heterocycles. The number of amides is 1. The van der Waals surface area contributed by atoms with Gasteiger partial charge in [0.15, 0.2) is 0 Å². The van der Waals surface area contributed by atoms with Crippen LogP contribution in [-0.2, 0) is 4.79 Å². The van der Waals surface area contributed by atoms with Crippen molar-refractivity contribution in [3.63, 3.8) is 0 Å². The third-order valence-electron chi connectivity index (χ3n) is 3.48. The Morgan fingerprint density at radius 1 is 1.59 bits per heavy atom. The van der Waals surface area contributed by atoms with Crippen molar-refractivity contribution in [2.75, 3.05) is 13.2 Å². The zero-order valence-corrected chi connectivity index (χ0v) is 11.4. The number of carbonyl (C=O) groups is 1. The SMILES string of the molecule is CC(C)(C(=O)N1CCCC1CCCO)C(N)=S. The Hall–Kier alpha value is -0.680. The lowest BCUT2D eigenvalue weighted by Gasteiger charge is -2.32. The van der Waals surface area contributed by atoms with Crippen molar-refractivity contribution in [3.8, 4) is 0 Å². The molecule has 0 bridgehead atoms. The summed E-state index contributed by atoms with van der Waals surface area (Å²) in [6.07, 6.45) is 3.63. The van der Waals surface area contributed by atoms with Gasteiger partial charge < -0.3 is 15.7 Å². The first-order valence-corrected chi connectivity index (χ1v) is 6.54. The van der Waals surface area contributed by atoms with Crippen LogP contribution in [0.15, 0.2) is 0 Å². The van der Waals surface area contributed by atoms with Gasteiger partial charge in [0.05, 0.1) is 10.4 Å². The molecule has 1 aliphatic heterocycles. The highest BCUT2D eigenvalue weighted by molar-refractivity contribution is 7.80. The van der Waals surface area contributed by atoms with Gasteiger partial charge in [0.1, 0.15) is 0 Å². The van der Waals surface area contributed by atoms with Gasteiger partial charge in [-0.25, -0.2) is 0 Å². The Kier molecular flexibility index (Phi) is 4.89. The van der Waals surface area contributed by atoms with Crippen LogP contribution in [0.25, 0.3) is 0 Å². The quantitative estimate of drug-likeness (QED) is 0.724. The van der Waals surface area contributed by atoms with Crippen molar-refractivity contribution in [3.05, 3.63) is 0 Å². The average molecular weight is 258 g/mol. The van der Waals surface area contributed by atoms with Crippen LogP contribution in [0.5, 0.6) is 0 Å². The second-order valence-corrected chi connectivity index (χ2v) is 5.59. The Morgan fingerprint density at radius 2 is 2.24 bits per heavy atom. The first-order valence-electron chi connectivity index (χ1n) is 6.13. The molecule has 0 aromatic rings. The molecule has 4 nitrogen and oxygen atoms in total. The van der Waals surface area contributed by atoms with E-state index in [-0.39, 0.29) is 23.5 Å². The van der Waals surface area contributed by atoms with E-state index in [1.807, 2.05) is 4.90 Å². The minimum Gasteiger partial charge on any atom is -0.396 e. The van der Waals surface area contributed by atoms with Crippen molar-refractivity contribution < 1.29 is 9.90 Å². The van der Waals surface area contributed by atoms with E-state index in [4.69, 9.17) is 23.1 Å². The van der Waals surface area contributed by atoms with Crippen molar-refractivity contribution in [2.45, 2.75) is 45.6 Å². The zero-order valence-electron chi connectivity index (χ0n) is 10.6. The lowest BCUT2D eigenvalue weighted by molar-refractivity contribution is -0.137. The molecule has 1 fully saturated rings. The van der Waals surface area contributed by atoms with Crippen LogP contribution < -0.4 is 5.73 Å². The zero-order chi connectivity index (χ0) is 13.1. The van der Waals surface area contributed by atoms with Gasteiger partial charge in [0, 0.05) is 19.2 Å². The molecule has 3 N–H and O–H groups in total. The standard InChI is InChI=1S/C12H22N2O2S/c1-12(2,10(13)17)11(16)14-7-3-5-9(14)6-4-8-15/h9,15H,3-8H2,1-2H3,(H2,13,17). The average Bonchev–Trinajstić information content (AvgIpc) is 2.72. The minimum atomic E-state index is -0.767. The van der Waals surface area contributed by atoms with E-state index in [2.05, 4.69) is 0 Å². The lowest BCUT2D eigenvalue weighted by atomic mass is 9.91. The van der Waals surface area contributed by atoms with Crippen LogP contribution in [0.2, 0.25) is 0 Å². The van der Waals surface area contributed by atoms with E-state index in [0.717, 1.165) is 32.2 Å². The first kappa shape index (κ1) is 14.4. The summed E-state index contributed by atoms with van der Waals surface area (Å²) < 4.78 is 0. The van der Waals surface area contributed by atoms with E-state index < -0.39 is 5.41 Å². The summed E-state index contributed by atoms with van der Waals surface area (Å²) in [7, 11) is 0. The second-order valence-electron chi connectivity index (χ2n) is 5.15. The van der Waals surface area contributed by atoms with Gasteiger partial charge in [-0.15, -0.1) is 0 Å². The molecule has 0 aliphatic carbocycles. The summed E-state index contributed by atoms with van der Waals surface area (Å²) in [6.45, 7) is 4.51. The molecule has 0 aromatic carbocycles. The minimum absolute atomic E-state index is 0.0189. The smallest absolute Gasteiger partial charge is 0.235 e. The third kappa shape index (κ3) is 3.16. The number of nitrogens with zero attached hydrogens (tertiary/aromatic N) is 1. The number of rotatable bonds is 5. The van der Waals surface area contributed by atoms with E-state index in [0.29, 0.717) is 0 Å². The molecule has 1 atom stereocenters. The predicted molar refractivity (Wildman–Crippen MR) is 71.6 cm³/mol. The number of carbonyl (C=O) groups excluding carboxylic acids is 1. The van der Waals surface area contributed by atoms with Crippen LogP contribution >= 0.6 is 12.2 Å². The molecule has 1 heterocycles. The van der Waals surface area contributed by atoms with Crippen LogP contribution in [0.4, 0.5) is 0 Å². The monoisotopic (exact) mass is 258 g/mol. The van der Waals surface area contributed by atoms with Gasteiger partial charge in [-0.05, 0) is 39.5 Å². The normalized spacial score (nSPS) is 20.6. The van der Waals surface area contributed by atoms with Crippen LogP contribution in [0.1, 0.15) is 39.5 Å². The Labute approximate surface area is 108 Å². The van der Waals surface area contributed by atoms with Crippen molar-refractivity contribution in [2.24, 2.45) is 11.1 Å². The first-order chi connectivity index (χ1) is 7.91. The van der Waals surface area contributed by atoms with Gasteiger partial charge >= 0.3 is 0 Å². The number of likely N-dealkylation sites (tertiary alicyclic amines) is 1. The number of hydrogen-bond acceptors (Lipinski definition) is 3. The predicted octanol–water partition coefficient (Wildman–Crippen LogP) is 1.06. The maximum Gasteiger partial charge on any atom is 0.235 e. The number of thiocarbonyl (C=S) groups is 1. The summed E-state index contributed by atoms with van der Waals surface area (Å²) in [4.78, 5) is 14.5. The summed E-state index contributed by atoms with van der Waals surface area (Å²) in [5.41, 5.74) is 4.86. The molecule has 98 valence electrons. The van der Waals surface area contributed by atoms with Gasteiger partial charge in [0.2, 0.25) is 5.91 Å². The molecule has 0 saturated carbocycles. The lowest BCUT2D eigenvalue weighted by Crippen LogP contribution is -2.48. The highest BCUT2D eigenvalue weighted by atomic mass is 32.1. The third-order valence-corrected chi connectivity index (χ3v) is 3.99. The molecule has 1 rings (SSSR count). The van der Waals surface area contributed by atoms with Crippen molar-refractivity contribution in [1.29, 1.82) is 0 Å². The van der Waals surface area contributed by atoms with Gasteiger partial charge in [-0.1, -0.05) is 12.2 Å². The molecular weight excluding hydrogens is 236 g/mol. The number of aliphatic hydroxyl groups is 1. The number of aliphatic hydroxyl groups excluding tert-OH is 1.